The first-order valence-electron chi connectivity index (χ1n) is 7.60. The SMILES string of the molecule is CCC(=O)NC1CCN(C(=O)[C@H]2[C@@H](C(=O)O)C2(C)C)CC1. The van der Waals surface area contributed by atoms with Gasteiger partial charge in [0.1, 0.15) is 0 Å². The fourth-order valence-corrected chi connectivity index (χ4v) is 3.33. The normalized spacial score (nSPS) is 28.0. The first-order valence-corrected chi connectivity index (χ1v) is 7.60. The van der Waals surface area contributed by atoms with Crippen molar-refractivity contribution in [1.29, 1.82) is 0 Å². The maximum Gasteiger partial charge on any atom is 0.307 e. The number of carboxylic acids is 1. The van der Waals surface area contributed by atoms with Crippen molar-refractivity contribution >= 4 is 17.8 Å². The molecule has 0 aromatic rings. The number of hydrogen-bond donors (Lipinski definition) is 2. The predicted octanol–water partition coefficient (Wildman–Crippen LogP) is 0.860. The van der Waals surface area contributed by atoms with E-state index in [0.29, 0.717) is 19.5 Å². The van der Waals surface area contributed by atoms with E-state index in [2.05, 4.69) is 5.32 Å². The molecule has 1 heterocycles. The molecule has 118 valence electrons. The molecule has 0 radical (unpaired) electrons. The Morgan fingerprint density at radius 2 is 1.76 bits per heavy atom. The number of carboxylic acid groups (broad SMARTS) is 1. The standard InChI is InChI=1S/C15H24N2O4/c1-4-10(18)16-9-5-7-17(8-6-9)13(19)11-12(14(20)21)15(11,2)3/h9,11-12H,4-8H2,1-3H3,(H,16,18)(H,20,21)/t11-,12+/m1/s1. The second-order valence-corrected chi connectivity index (χ2v) is 6.64. The number of aliphatic carboxylic acids is 1. The number of carbonyl (C=O) groups is 3. The van der Waals surface area contributed by atoms with E-state index < -0.39 is 23.2 Å². The quantitative estimate of drug-likeness (QED) is 0.805. The van der Waals surface area contributed by atoms with Crippen molar-refractivity contribution in [2.75, 3.05) is 13.1 Å². The largest absolute Gasteiger partial charge is 0.481 e. The summed E-state index contributed by atoms with van der Waals surface area (Å²) in [6.45, 7) is 6.67. The molecule has 2 rings (SSSR count). The lowest BCUT2D eigenvalue weighted by Crippen LogP contribution is -2.47. The van der Waals surface area contributed by atoms with Crippen LogP contribution in [0.5, 0.6) is 0 Å². The van der Waals surface area contributed by atoms with Crippen LogP contribution in [0.1, 0.15) is 40.0 Å². The molecule has 1 saturated carbocycles. The van der Waals surface area contributed by atoms with Crippen LogP contribution >= 0.6 is 0 Å². The molecule has 0 bridgehead atoms. The summed E-state index contributed by atoms with van der Waals surface area (Å²) in [5.41, 5.74) is -0.448. The van der Waals surface area contributed by atoms with Crippen molar-refractivity contribution in [1.82, 2.24) is 10.2 Å². The van der Waals surface area contributed by atoms with Crippen molar-refractivity contribution in [3.63, 3.8) is 0 Å². The Hall–Kier alpha value is -1.59. The average molecular weight is 296 g/mol. The minimum absolute atomic E-state index is 0.0362. The van der Waals surface area contributed by atoms with Crippen LogP contribution in [0, 0.1) is 17.3 Å². The van der Waals surface area contributed by atoms with Gasteiger partial charge in [-0.1, -0.05) is 20.8 Å². The van der Waals surface area contributed by atoms with Gasteiger partial charge in [0.15, 0.2) is 0 Å². The summed E-state index contributed by atoms with van der Waals surface area (Å²) in [4.78, 5) is 36.7. The molecular weight excluding hydrogens is 272 g/mol. The van der Waals surface area contributed by atoms with E-state index in [0.717, 1.165) is 12.8 Å². The van der Waals surface area contributed by atoms with Gasteiger partial charge < -0.3 is 15.3 Å². The van der Waals surface area contributed by atoms with E-state index in [1.807, 2.05) is 20.8 Å². The van der Waals surface area contributed by atoms with Gasteiger partial charge in [0.25, 0.3) is 0 Å². The van der Waals surface area contributed by atoms with Crippen LogP contribution in [0.15, 0.2) is 0 Å². The van der Waals surface area contributed by atoms with E-state index >= 15 is 0 Å². The van der Waals surface area contributed by atoms with Crippen LogP contribution in [-0.2, 0) is 14.4 Å². The van der Waals surface area contributed by atoms with Crippen LogP contribution in [0.4, 0.5) is 0 Å². The molecule has 2 fully saturated rings. The van der Waals surface area contributed by atoms with Gasteiger partial charge in [-0.3, -0.25) is 14.4 Å². The Bertz CT molecular complexity index is 453. The summed E-state index contributed by atoms with van der Waals surface area (Å²) in [7, 11) is 0. The summed E-state index contributed by atoms with van der Waals surface area (Å²) in [5.74, 6) is -1.87. The van der Waals surface area contributed by atoms with Gasteiger partial charge >= 0.3 is 5.97 Å². The van der Waals surface area contributed by atoms with Gasteiger partial charge in [-0.25, -0.2) is 0 Å². The van der Waals surface area contributed by atoms with Crippen LogP contribution in [0.25, 0.3) is 0 Å². The van der Waals surface area contributed by atoms with Crippen molar-refractivity contribution in [2.24, 2.45) is 17.3 Å². The first kappa shape index (κ1) is 15.8. The fourth-order valence-electron chi connectivity index (χ4n) is 3.33. The van der Waals surface area contributed by atoms with E-state index in [4.69, 9.17) is 5.11 Å². The number of piperidine rings is 1. The van der Waals surface area contributed by atoms with Crippen LogP contribution in [0.2, 0.25) is 0 Å². The number of carbonyl (C=O) groups excluding carboxylic acids is 2. The smallest absolute Gasteiger partial charge is 0.307 e. The highest BCUT2D eigenvalue weighted by Gasteiger charge is 2.66. The van der Waals surface area contributed by atoms with Gasteiger partial charge in [0.05, 0.1) is 11.8 Å². The molecule has 1 aliphatic heterocycles. The molecule has 21 heavy (non-hydrogen) atoms. The monoisotopic (exact) mass is 296 g/mol. The van der Waals surface area contributed by atoms with Gasteiger partial charge in [0, 0.05) is 25.6 Å². The summed E-state index contributed by atoms with van der Waals surface area (Å²) in [6.07, 6.45) is 1.94. The predicted molar refractivity (Wildman–Crippen MR) is 76.4 cm³/mol. The molecule has 6 nitrogen and oxygen atoms in total. The lowest BCUT2D eigenvalue weighted by atomic mass is 10.0. The number of hydrogen-bond acceptors (Lipinski definition) is 3. The number of nitrogens with one attached hydrogen (secondary N) is 1. The van der Waals surface area contributed by atoms with E-state index in [1.165, 1.54) is 0 Å². The topological polar surface area (TPSA) is 86.7 Å². The average Bonchev–Trinajstić information content (AvgIpc) is 3.01. The van der Waals surface area contributed by atoms with Crippen molar-refractivity contribution in [3.8, 4) is 0 Å². The van der Waals surface area contributed by atoms with Gasteiger partial charge in [-0.2, -0.15) is 0 Å². The lowest BCUT2D eigenvalue weighted by molar-refractivity contribution is -0.142. The third-order valence-electron chi connectivity index (χ3n) is 4.85. The number of nitrogens with zero attached hydrogens (tertiary/aromatic N) is 1. The molecule has 0 unspecified atom stereocenters. The van der Waals surface area contributed by atoms with Gasteiger partial charge in [0.2, 0.25) is 11.8 Å². The Morgan fingerprint density at radius 3 is 2.19 bits per heavy atom. The highest BCUT2D eigenvalue weighted by atomic mass is 16.4. The minimum atomic E-state index is -0.886. The minimum Gasteiger partial charge on any atom is -0.481 e. The molecule has 0 aromatic heterocycles. The van der Waals surface area contributed by atoms with E-state index in [-0.39, 0.29) is 17.9 Å². The zero-order valence-electron chi connectivity index (χ0n) is 12.9. The molecular formula is C15H24N2O4. The Balaban J connectivity index is 1.87. The van der Waals surface area contributed by atoms with Gasteiger partial charge in [-0.15, -0.1) is 0 Å². The maximum absolute atomic E-state index is 12.5. The third-order valence-corrected chi connectivity index (χ3v) is 4.85. The zero-order chi connectivity index (χ0) is 15.8. The maximum atomic E-state index is 12.5. The molecule has 1 aliphatic carbocycles. The molecule has 2 amide bonds. The summed E-state index contributed by atoms with van der Waals surface area (Å²) < 4.78 is 0. The summed E-state index contributed by atoms with van der Waals surface area (Å²) in [6, 6.07) is 0.129. The molecule has 0 spiro atoms. The molecule has 1 saturated heterocycles. The molecule has 2 atom stereocenters. The Labute approximate surface area is 124 Å². The number of likely N-dealkylation sites (tertiary alicyclic amines) is 1. The Kier molecular flexibility index (Phi) is 4.25. The Morgan fingerprint density at radius 1 is 1.19 bits per heavy atom. The first-order chi connectivity index (χ1) is 9.78. The molecule has 6 heteroatoms. The van der Waals surface area contributed by atoms with Crippen LogP contribution in [-0.4, -0.2) is 46.9 Å². The highest BCUT2D eigenvalue weighted by Crippen LogP contribution is 2.59. The molecule has 2 aliphatic rings. The summed E-state index contributed by atoms with van der Waals surface area (Å²) >= 11 is 0. The summed E-state index contributed by atoms with van der Waals surface area (Å²) in [5, 5.41) is 12.1. The van der Waals surface area contributed by atoms with E-state index in [1.54, 1.807) is 4.90 Å². The van der Waals surface area contributed by atoms with Crippen molar-refractivity contribution in [2.45, 2.75) is 46.1 Å². The van der Waals surface area contributed by atoms with Crippen LogP contribution < -0.4 is 5.32 Å². The molecule has 2 N–H and O–H groups in total. The van der Waals surface area contributed by atoms with Crippen molar-refractivity contribution in [3.05, 3.63) is 0 Å². The third kappa shape index (κ3) is 3.04. The number of rotatable bonds is 4. The van der Waals surface area contributed by atoms with E-state index in [9.17, 15) is 14.4 Å². The number of amides is 2. The van der Waals surface area contributed by atoms with Crippen LogP contribution in [0.3, 0.4) is 0 Å². The second kappa shape index (κ2) is 5.66. The zero-order valence-corrected chi connectivity index (χ0v) is 12.9. The lowest BCUT2D eigenvalue weighted by Gasteiger charge is -2.32. The fraction of sp³-hybridized carbons (Fsp3) is 0.800. The highest BCUT2D eigenvalue weighted by molar-refractivity contribution is 5.91. The van der Waals surface area contributed by atoms with Crippen molar-refractivity contribution < 1.29 is 19.5 Å². The second-order valence-electron chi connectivity index (χ2n) is 6.64. The van der Waals surface area contributed by atoms with Gasteiger partial charge in [-0.05, 0) is 18.3 Å². The molecule has 0 aromatic carbocycles.